The molecule has 0 aliphatic rings. The van der Waals surface area contributed by atoms with Crippen LogP contribution in [0.15, 0.2) is 0 Å². The van der Waals surface area contributed by atoms with E-state index >= 15 is 0 Å². The highest BCUT2D eigenvalue weighted by Crippen LogP contribution is 1.46. The monoisotopic (exact) mass is 174 g/mol. The van der Waals surface area contributed by atoms with E-state index in [1.165, 1.54) is 7.11 Å². The van der Waals surface area contributed by atoms with Crippen molar-refractivity contribution in [2.75, 3.05) is 20.7 Å². The smallest absolute Gasteiger partial charge is 0.143 e. The summed E-state index contributed by atoms with van der Waals surface area (Å²) in [5.41, 5.74) is 0. The van der Waals surface area contributed by atoms with Crippen molar-refractivity contribution in [1.29, 1.82) is 0 Å². The van der Waals surface area contributed by atoms with Gasteiger partial charge in [0, 0.05) is 7.11 Å². The maximum Gasteiger partial charge on any atom is 0.143 e. The summed E-state index contributed by atoms with van der Waals surface area (Å²) in [5.74, 6) is 0. The van der Waals surface area contributed by atoms with Gasteiger partial charge in [-0.25, -0.2) is 0 Å². The Hall–Kier alpha value is -0.160. The summed E-state index contributed by atoms with van der Waals surface area (Å²) in [6, 6.07) is 0. The lowest BCUT2D eigenvalue weighted by Gasteiger charge is -1.76. The molecule has 0 heterocycles. The van der Waals surface area contributed by atoms with Gasteiger partial charge in [0.1, 0.15) is 13.6 Å². The molecule has 78 valence electrons. The van der Waals surface area contributed by atoms with Crippen LogP contribution in [0, 0.1) is 0 Å². The lowest BCUT2D eigenvalue weighted by atomic mass is 11.4. The molecule has 0 bridgehead atoms. The molecule has 0 radical (unpaired) electrons. The fourth-order valence-corrected chi connectivity index (χ4v) is 0. The summed E-state index contributed by atoms with van der Waals surface area (Å²) in [4.78, 5) is 0. The minimum absolute atomic E-state index is 0. The molecule has 0 unspecified atom stereocenters. The maximum absolute atomic E-state index is 7.65. The number of hydrogen-bond acceptors (Lipinski definition) is 4. The molecule has 4 nitrogen and oxygen atoms in total. The molecule has 0 spiro atoms. The third-order valence-electron chi connectivity index (χ3n) is 0.129. The largest absolute Gasteiger partial charge is 0.371 e. The van der Waals surface area contributed by atoms with Crippen molar-refractivity contribution < 1.29 is 20.1 Å². The van der Waals surface area contributed by atoms with Gasteiger partial charge in [-0.3, -0.25) is 0 Å². The van der Waals surface area contributed by atoms with Crippen LogP contribution in [0.1, 0.15) is 29.7 Å². The fourth-order valence-electron chi connectivity index (χ4n) is 0. The van der Waals surface area contributed by atoms with Crippen molar-refractivity contribution in [1.82, 2.24) is 0 Å². The molecule has 0 saturated heterocycles. The molecule has 4 heteroatoms. The van der Waals surface area contributed by atoms with Crippen molar-refractivity contribution in [3.8, 4) is 0 Å². The average Bonchev–Trinajstić information content (AvgIpc) is 1.69. The van der Waals surface area contributed by atoms with Crippen LogP contribution in [0.4, 0.5) is 0 Å². The van der Waals surface area contributed by atoms with Crippen molar-refractivity contribution in [2.45, 2.75) is 29.7 Å². The van der Waals surface area contributed by atoms with Crippen LogP contribution in [0.5, 0.6) is 0 Å². The molecule has 0 fully saturated rings. The molecular formula is C7H26O4. The number of aliphatic hydroxyl groups is 3. The number of rotatable bonds is 1. The lowest BCUT2D eigenvalue weighted by Crippen LogP contribution is -1.79. The van der Waals surface area contributed by atoms with Gasteiger partial charge in [0.05, 0.1) is 0 Å². The quantitative estimate of drug-likeness (QED) is 0.520. The number of hydrogen-bond donors (Lipinski definition) is 3. The van der Waals surface area contributed by atoms with Gasteiger partial charge in [0.15, 0.2) is 0 Å². The predicted octanol–water partition coefficient (Wildman–Crippen LogP) is 1.06. The second-order valence-corrected chi connectivity index (χ2v) is 0.559. The molecule has 0 aromatic heterocycles. The highest BCUT2D eigenvalue weighted by molar-refractivity contribution is 3.72. The van der Waals surface area contributed by atoms with Crippen LogP contribution in [0.3, 0.4) is 0 Å². The highest BCUT2D eigenvalue weighted by Gasteiger charge is 1.51. The molecule has 3 N–H and O–H groups in total. The molecule has 0 amide bonds. The Kier molecular flexibility index (Phi) is 388. The zero-order valence-corrected chi connectivity index (χ0v) is 4.16. The summed E-state index contributed by atoms with van der Waals surface area (Å²) in [7, 11) is 1.43. The first-order chi connectivity index (χ1) is 3.33. The molecule has 11 heavy (non-hydrogen) atoms. The van der Waals surface area contributed by atoms with Crippen LogP contribution in [0.2, 0.25) is 0 Å². The molecular weight excluding hydrogens is 148 g/mol. The van der Waals surface area contributed by atoms with E-state index in [9.17, 15) is 0 Å². The van der Waals surface area contributed by atoms with Crippen molar-refractivity contribution >= 4 is 0 Å². The summed E-state index contributed by atoms with van der Waals surface area (Å²) in [5, 5.41) is 21.9. The third-order valence-corrected chi connectivity index (χ3v) is 0.129. The zero-order chi connectivity index (χ0) is 6.12. The third kappa shape index (κ3) is 857. The molecule has 0 saturated carbocycles. The van der Waals surface area contributed by atoms with Gasteiger partial charge in [-0.1, -0.05) is 29.7 Å². The topological polar surface area (TPSA) is 69.9 Å². The van der Waals surface area contributed by atoms with Crippen molar-refractivity contribution in [3.05, 3.63) is 0 Å². The summed E-state index contributed by atoms with van der Waals surface area (Å²) < 4.78 is 4.10. The lowest BCUT2D eigenvalue weighted by molar-refractivity contribution is 0.0325. The molecule has 0 aliphatic heterocycles. The summed E-state index contributed by atoms with van der Waals surface area (Å²) in [6.45, 7) is -0.931. The number of aliphatic hydroxyl groups excluding tert-OH is 2. The number of ether oxygens (including phenoxy) is 1. The van der Waals surface area contributed by atoms with Gasteiger partial charge in [0.25, 0.3) is 0 Å². The minimum Gasteiger partial charge on any atom is -0.371 e. The second kappa shape index (κ2) is 95.3. The van der Waals surface area contributed by atoms with E-state index in [0.717, 1.165) is 0 Å². The Balaban J connectivity index is -0.00000000848. The number of methoxy groups -OCH3 is 1. The predicted molar refractivity (Wildman–Crippen MR) is 50.3 cm³/mol. The van der Waals surface area contributed by atoms with Gasteiger partial charge in [-0.15, -0.1) is 0 Å². The highest BCUT2D eigenvalue weighted by atomic mass is 16.6. The average molecular weight is 174 g/mol. The first-order valence-corrected chi connectivity index (χ1v) is 1.65. The van der Waals surface area contributed by atoms with E-state index in [4.69, 9.17) is 15.3 Å². The van der Waals surface area contributed by atoms with E-state index in [1.807, 2.05) is 0 Å². The first kappa shape index (κ1) is 44.8. The van der Waals surface area contributed by atoms with Crippen LogP contribution in [-0.2, 0) is 4.74 Å². The van der Waals surface area contributed by atoms with E-state index in [0.29, 0.717) is 0 Å². The zero-order valence-electron chi connectivity index (χ0n) is 4.16. The Morgan fingerprint density at radius 1 is 0.909 bits per heavy atom. The minimum atomic E-state index is -0.750. The van der Waals surface area contributed by atoms with Gasteiger partial charge < -0.3 is 20.1 Å². The van der Waals surface area contributed by atoms with Crippen LogP contribution >= 0.6 is 0 Å². The van der Waals surface area contributed by atoms with E-state index < -0.39 is 6.79 Å². The van der Waals surface area contributed by atoms with Crippen molar-refractivity contribution in [3.63, 3.8) is 0 Å². The van der Waals surface area contributed by atoms with E-state index in [2.05, 4.69) is 4.74 Å². The SMILES string of the molecule is C.C.C.C.COCO.OCO. The van der Waals surface area contributed by atoms with Gasteiger partial charge in [-0.2, -0.15) is 0 Å². The Bertz CT molecular complexity index is 17.9. The summed E-state index contributed by atoms with van der Waals surface area (Å²) in [6.07, 6.45) is 0. The molecule has 0 aliphatic carbocycles. The summed E-state index contributed by atoms with van der Waals surface area (Å²) >= 11 is 0. The molecule has 0 atom stereocenters. The van der Waals surface area contributed by atoms with Gasteiger partial charge in [-0.05, 0) is 0 Å². The Morgan fingerprint density at radius 2 is 1.00 bits per heavy atom. The van der Waals surface area contributed by atoms with Crippen LogP contribution in [-0.4, -0.2) is 36.0 Å². The Labute approximate surface area is 71.5 Å². The van der Waals surface area contributed by atoms with Gasteiger partial charge >= 0.3 is 0 Å². The van der Waals surface area contributed by atoms with E-state index in [-0.39, 0.29) is 36.5 Å². The first-order valence-electron chi connectivity index (χ1n) is 1.65. The van der Waals surface area contributed by atoms with E-state index in [1.54, 1.807) is 0 Å². The second-order valence-electron chi connectivity index (χ2n) is 0.559. The van der Waals surface area contributed by atoms with Crippen LogP contribution in [0.25, 0.3) is 0 Å². The fraction of sp³-hybridized carbons (Fsp3) is 1.00. The maximum atomic E-state index is 7.65. The van der Waals surface area contributed by atoms with Gasteiger partial charge in [0.2, 0.25) is 0 Å². The molecule has 0 aromatic carbocycles. The standard InChI is InChI=1S/C2H6O2.CH4O2.4CH4/c1-4-2-3;2-1-3;;;;/h3H,2H2,1H3;2-3H,1H2;4*1H4. The molecule has 0 aromatic rings. The Morgan fingerprint density at radius 3 is 1.00 bits per heavy atom. The molecule has 0 rings (SSSR count). The van der Waals surface area contributed by atoms with Crippen LogP contribution < -0.4 is 0 Å². The van der Waals surface area contributed by atoms with Crippen molar-refractivity contribution in [2.24, 2.45) is 0 Å². The normalized spacial score (nSPS) is 4.36.